The molecule has 28 heavy (non-hydrogen) atoms. The Morgan fingerprint density at radius 2 is 2.00 bits per heavy atom. The number of amides is 1. The van der Waals surface area contributed by atoms with Crippen LogP contribution in [0.25, 0.3) is 0 Å². The van der Waals surface area contributed by atoms with E-state index in [1.165, 1.54) is 0 Å². The third kappa shape index (κ3) is 6.87. The zero-order valence-corrected chi connectivity index (χ0v) is 18.3. The maximum Gasteiger partial charge on any atom is 0.220 e. The molecule has 1 aromatic rings. The first kappa shape index (κ1) is 22.8. The van der Waals surface area contributed by atoms with Crippen molar-refractivity contribution in [1.29, 1.82) is 0 Å². The number of unbranched alkanes of at least 4 members (excludes halogenated alkanes) is 1. The quantitative estimate of drug-likeness (QED) is 0.318. The number of primary amides is 1. The van der Waals surface area contributed by atoms with Crippen LogP contribution in [-0.2, 0) is 18.4 Å². The summed E-state index contributed by atoms with van der Waals surface area (Å²) in [7, 11) is 1.88. The van der Waals surface area contributed by atoms with Crippen molar-refractivity contribution >= 4 is 35.1 Å². The van der Waals surface area contributed by atoms with Gasteiger partial charge in [0.05, 0.1) is 11.6 Å². The molecule has 4 N–H and O–H groups in total. The third-order valence-corrected chi connectivity index (χ3v) is 5.98. The van der Waals surface area contributed by atoms with Crippen LogP contribution in [-0.4, -0.2) is 54.1 Å². The molecule has 0 unspecified atom stereocenters. The van der Waals surface area contributed by atoms with Crippen LogP contribution in [0.15, 0.2) is 11.1 Å². The number of halogens is 2. The van der Waals surface area contributed by atoms with Crippen LogP contribution in [0.2, 0.25) is 10.2 Å². The van der Waals surface area contributed by atoms with Crippen molar-refractivity contribution in [2.45, 2.75) is 39.2 Å². The lowest BCUT2D eigenvalue weighted by Crippen LogP contribution is -2.39. The van der Waals surface area contributed by atoms with Gasteiger partial charge in [0.15, 0.2) is 5.96 Å². The van der Waals surface area contributed by atoms with E-state index in [2.05, 4.69) is 20.5 Å². The molecule has 7 nitrogen and oxygen atoms in total. The number of nitrogens with two attached hydrogens (primary N) is 1. The summed E-state index contributed by atoms with van der Waals surface area (Å²) < 4.78 is 1.85. The standard InChI is InChI=1S/C19H32Cl2N6O/c1-3-23-19(25-13-15-12-16(20)17(21)26(15)2)24-8-4-5-9-27-10-6-14(7-11-27)18(22)28/h12,14H,3-11,13H2,1-2H3,(H2,22,28)(H2,23,24,25). The highest BCUT2D eigenvalue weighted by Crippen LogP contribution is 2.25. The van der Waals surface area contributed by atoms with Crippen molar-refractivity contribution in [2.75, 3.05) is 32.7 Å². The van der Waals surface area contributed by atoms with E-state index >= 15 is 0 Å². The zero-order chi connectivity index (χ0) is 20.5. The molecular weight excluding hydrogens is 399 g/mol. The summed E-state index contributed by atoms with van der Waals surface area (Å²) in [5.74, 6) is 0.697. The van der Waals surface area contributed by atoms with E-state index in [1.54, 1.807) is 0 Å². The van der Waals surface area contributed by atoms with E-state index in [4.69, 9.17) is 28.9 Å². The first-order chi connectivity index (χ1) is 13.4. The normalized spacial score (nSPS) is 16.4. The maximum absolute atomic E-state index is 11.2. The molecule has 0 aliphatic carbocycles. The molecule has 1 fully saturated rings. The number of rotatable bonds is 9. The second kappa shape index (κ2) is 11.5. The molecule has 2 rings (SSSR count). The Hall–Kier alpha value is -1.44. The minimum Gasteiger partial charge on any atom is -0.369 e. The molecule has 1 aliphatic heterocycles. The highest BCUT2D eigenvalue weighted by atomic mass is 35.5. The number of piperidine rings is 1. The highest BCUT2D eigenvalue weighted by molar-refractivity contribution is 6.41. The van der Waals surface area contributed by atoms with Gasteiger partial charge in [-0.1, -0.05) is 23.2 Å². The molecule has 0 atom stereocenters. The molecule has 1 saturated heterocycles. The zero-order valence-electron chi connectivity index (χ0n) is 16.8. The van der Waals surface area contributed by atoms with Gasteiger partial charge in [0.25, 0.3) is 0 Å². The highest BCUT2D eigenvalue weighted by Gasteiger charge is 2.22. The van der Waals surface area contributed by atoms with Crippen LogP contribution in [0.4, 0.5) is 0 Å². The molecule has 1 amide bonds. The molecular formula is C19H32Cl2N6O. The average molecular weight is 431 g/mol. The SMILES string of the molecule is CCNC(=NCc1cc(Cl)c(Cl)n1C)NCCCCN1CCC(C(N)=O)CC1. The Labute approximate surface area is 177 Å². The fourth-order valence-corrected chi connectivity index (χ4v) is 3.77. The van der Waals surface area contributed by atoms with E-state index in [0.29, 0.717) is 16.7 Å². The number of nitrogens with zero attached hydrogens (tertiary/aromatic N) is 3. The van der Waals surface area contributed by atoms with E-state index in [1.807, 2.05) is 24.6 Å². The van der Waals surface area contributed by atoms with Gasteiger partial charge >= 0.3 is 0 Å². The Morgan fingerprint density at radius 1 is 1.29 bits per heavy atom. The lowest BCUT2D eigenvalue weighted by atomic mass is 9.96. The smallest absolute Gasteiger partial charge is 0.220 e. The van der Waals surface area contributed by atoms with Crippen molar-refractivity contribution in [2.24, 2.45) is 23.7 Å². The van der Waals surface area contributed by atoms with Gasteiger partial charge in [0, 0.05) is 31.7 Å². The fourth-order valence-electron chi connectivity index (χ4n) is 3.35. The summed E-state index contributed by atoms with van der Waals surface area (Å²) in [5, 5.41) is 7.71. The Kier molecular flexibility index (Phi) is 9.41. The number of aliphatic imine (C=N–C) groups is 1. The summed E-state index contributed by atoms with van der Waals surface area (Å²) in [6.45, 7) is 7.20. The van der Waals surface area contributed by atoms with Crippen LogP contribution < -0.4 is 16.4 Å². The number of carbonyl (C=O) groups excluding carboxylic acids is 1. The van der Waals surface area contributed by atoms with Gasteiger partial charge in [-0.15, -0.1) is 0 Å². The van der Waals surface area contributed by atoms with Crippen molar-refractivity contribution in [1.82, 2.24) is 20.1 Å². The number of hydrogen-bond acceptors (Lipinski definition) is 3. The maximum atomic E-state index is 11.2. The lowest BCUT2D eigenvalue weighted by molar-refractivity contribution is -0.123. The van der Waals surface area contributed by atoms with Gasteiger partial charge in [-0.2, -0.15) is 0 Å². The Balaban J connectivity index is 1.69. The van der Waals surface area contributed by atoms with Gasteiger partial charge in [-0.3, -0.25) is 4.79 Å². The molecule has 0 saturated carbocycles. The molecule has 0 radical (unpaired) electrons. The van der Waals surface area contributed by atoms with E-state index in [0.717, 1.165) is 70.1 Å². The van der Waals surface area contributed by atoms with Crippen LogP contribution in [0.1, 0.15) is 38.3 Å². The summed E-state index contributed by atoms with van der Waals surface area (Å²) in [6, 6.07) is 1.85. The minimum atomic E-state index is -0.154. The Morgan fingerprint density at radius 3 is 2.57 bits per heavy atom. The van der Waals surface area contributed by atoms with Crippen molar-refractivity contribution in [3.05, 3.63) is 21.9 Å². The number of carbonyl (C=O) groups is 1. The first-order valence-corrected chi connectivity index (χ1v) is 10.7. The fraction of sp³-hybridized carbons (Fsp3) is 0.684. The van der Waals surface area contributed by atoms with Crippen LogP contribution in [0.5, 0.6) is 0 Å². The summed E-state index contributed by atoms with van der Waals surface area (Å²) in [6.07, 6.45) is 3.94. The van der Waals surface area contributed by atoms with E-state index in [9.17, 15) is 4.79 Å². The second-order valence-corrected chi connectivity index (χ2v) is 7.95. The molecule has 1 aliphatic rings. The van der Waals surface area contributed by atoms with Gasteiger partial charge in [0.1, 0.15) is 5.15 Å². The van der Waals surface area contributed by atoms with Crippen molar-refractivity contribution < 1.29 is 4.79 Å². The van der Waals surface area contributed by atoms with Gasteiger partial charge in [0.2, 0.25) is 5.91 Å². The average Bonchev–Trinajstić information content (AvgIpc) is 2.93. The number of guanidine groups is 1. The minimum absolute atomic E-state index is 0.0609. The number of likely N-dealkylation sites (tertiary alicyclic amines) is 1. The van der Waals surface area contributed by atoms with E-state index < -0.39 is 0 Å². The number of nitrogens with one attached hydrogen (secondary N) is 2. The molecule has 0 bridgehead atoms. The molecule has 0 aromatic carbocycles. The molecule has 0 spiro atoms. The predicted molar refractivity (Wildman–Crippen MR) is 116 cm³/mol. The van der Waals surface area contributed by atoms with Gasteiger partial charge in [-0.05, 0) is 58.3 Å². The second-order valence-electron chi connectivity index (χ2n) is 7.18. The third-order valence-electron chi connectivity index (χ3n) is 5.14. The summed E-state index contributed by atoms with van der Waals surface area (Å²) in [5.41, 5.74) is 6.35. The summed E-state index contributed by atoms with van der Waals surface area (Å²) in [4.78, 5) is 18.3. The lowest BCUT2D eigenvalue weighted by Gasteiger charge is -2.30. The molecule has 158 valence electrons. The van der Waals surface area contributed by atoms with Gasteiger partial charge in [-0.25, -0.2) is 4.99 Å². The molecule has 9 heteroatoms. The number of hydrogen-bond donors (Lipinski definition) is 3. The van der Waals surface area contributed by atoms with Crippen LogP contribution in [0, 0.1) is 5.92 Å². The van der Waals surface area contributed by atoms with Crippen molar-refractivity contribution in [3.8, 4) is 0 Å². The molecule has 1 aromatic heterocycles. The molecule has 2 heterocycles. The Bertz CT molecular complexity index is 668. The number of aromatic nitrogens is 1. The van der Waals surface area contributed by atoms with Gasteiger partial charge < -0.3 is 25.8 Å². The largest absolute Gasteiger partial charge is 0.369 e. The van der Waals surface area contributed by atoms with Crippen LogP contribution >= 0.6 is 23.2 Å². The van der Waals surface area contributed by atoms with Crippen LogP contribution in [0.3, 0.4) is 0 Å². The monoisotopic (exact) mass is 430 g/mol. The first-order valence-electron chi connectivity index (χ1n) is 9.95. The van der Waals surface area contributed by atoms with E-state index in [-0.39, 0.29) is 11.8 Å². The summed E-state index contributed by atoms with van der Waals surface area (Å²) >= 11 is 12.2. The topological polar surface area (TPSA) is 87.7 Å². The van der Waals surface area contributed by atoms with Crippen molar-refractivity contribution in [3.63, 3.8) is 0 Å². The predicted octanol–water partition coefficient (Wildman–Crippen LogP) is 2.36.